The van der Waals surface area contributed by atoms with Gasteiger partial charge in [-0.3, -0.25) is 19.2 Å². The van der Waals surface area contributed by atoms with Crippen LogP contribution < -0.4 is 19.9 Å². The Morgan fingerprint density at radius 3 is 2.43 bits per heavy atom. The van der Waals surface area contributed by atoms with E-state index in [2.05, 4.69) is 0 Å². The van der Waals surface area contributed by atoms with Gasteiger partial charge in [-0.15, -0.1) is 11.8 Å². The minimum Gasteiger partial charge on any atom is -0.497 e. The molecule has 1 aromatic heterocycles. The molecule has 0 spiro atoms. The lowest BCUT2D eigenvalue weighted by atomic mass is 10.1. The molecular weight excluding hydrogens is 402 g/mol. The van der Waals surface area contributed by atoms with Crippen molar-refractivity contribution in [1.82, 2.24) is 9.36 Å². The fraction of sp³-hybridized carbons (Fsp3) is 0.273. The Morgan fingerprint density at radius 1 is 1.03 bits per heavy atom. The summed E-state index contributed by atoms with van der Waals surface area (Å²) in [6.07, 6.45) is 0. The number of hydrogen-bond acceptors (Lipinski definition) is 5. The van der Waals surface area contributed by atoms with Crippen LogP contribution >= 0.6 is 11.8 Å². The predicted molar refractivity (Wildman–Crippen MR) is 118 cm³/mol. The third kappa shape index (κ3) is 3.17. The van der Waals surface area contributed by atoms with Gasteiger partial charge in [-0.1, -0.05) is 18.2 Å². The number of thioether (sulfide) groups is 1. The Morgan fingerprint density at radius 2 is 1.77 bits per heavy atom. The monoisotopic (exact) mass is 425 g/mol. The van der Waals surface area contributed by atoms with Gasteiger partial charge in [0.1, 0.15) is 22.6 Å². The van der Waals surface area contributed by atoms with E-state index in [0.717, 1.165) is 11.3 Å². The molecule has 8 heteroatoms. The van der Waals surface area contributed by atoms with Gasteiger partial charge >= 0.3 is 0 Å². The summed E-state index contributed by atoms with van der Waals surface area (Å²) in [5.74, 6) is 1.48. The number of benzene rings is 2. The summed E-state index contributed by atoms with van der Waals surface area (Å²) in [6, 6.07) is 14.9. The Labute approximate surface area is 178 Å². The van der Waals surface area contributed by atoms with E-state index in [4.69, 9.17) is 9.47 Å². The number of nitrogens with zero attached hydrogens (tertiary/aromatic N) is 3. The van der Waals surface area contributed by atoms with Crippen LogP contribution in [0.1, 0.15) is 16.6 Å². The second-order valence-electron chi connectivity index (χ2n) is 6.95. The molecule has 1 aliphatic rings. The van der Waals surface area contributed by atoms with Crippen LogP contribution in [0.25, 0.3) is 5.69 Å². The number of carbonyl (C=O) groups excluding carboxylic acids is 1. The van der Waals surface area contributed by atoms with Crippen LogP contribution in [0.3, 0.4) is 0 Å². The largest absolute Gasteiger partial charge is 0.497 e. The van der Waals surface area contributed by atoms with E-state index in [-0.39, 0.29) is 22.6 Å². The second kappa shape index (κ2) is 7.95. The van der Waals surface area contributed by atoms with E-state index < -0.39 is 0 Å². The fourth-order valence-corrected chi connectivity index (χ4v) is 4.94. The molecule has 0 aliphatic carbocycles. The van der Waals surface area contributed by atoms with E-state index in [1.54, 1.807) is 28.5 Å². The van der Waals surface area contributed by atoms with E-state index in [1.165, 1.54) is 11.8 Å². The van der Waals surface area contributed by atoms with Crippen molar-refractivity contribution in [3.05, 3.63) is 70.1 Å². The first-order valence-corrected chi connectivity index (χ1v) is 10.5. The number of ether oxygens (including phenoxy) is 2. The van der Waals surface area contributed by atoms with Gasteiger partial charge in [0, 0.05) is 12.6 Å². The van der Waals surface area contributed by atoms with Gasteiger partial charge in [-0.25, -0.2) is 4.68 Å². The van der Waals surface area contributed by atoms with Gasteiger partial charge < -0.3 is 9.47 Å². The number of para-hydroxylation sites is 1. The first-order valence-electron chi connectivity index (χ1n) is 9.47. The smallest absolute Gasteiger partial charge is 0.295 e. The third-order valence-corrected chi connectivity index (χ3v) is 6.53. The molecular formula is C22H23N3O4S. The van der Waals surface area contributed by atoms with Crippen LogP contribution in [0.4, 0.5) is 5.69 Å². The van der Waals surface area contributed by atoms with Gasteiger partial charge in [-0.2, -0.15) is 0 Å². The van der Waals surface area contributed by atoms with Crippen LogP contribution in [0, 0.1) is 6.92 Å². The minimum atomic E-state index is -0.388. The molecule has 0 bridgehead atoms. The van der Waals surface area contributed by atoms with Crippen molar-refractivity contribution in [2.24, 2.45) is 7.05 Å². The van der Waals surface area contributed by atoms with Crippen molar-refractivity contribution in [1.29, 1.82) is 0 Å². The number of methoxy groups -OCH3 is 2. The molecule has 1 fully saturated rings. The van der Waals surface area contributed by atoms with Crippen molar-refractivity contribution in [2.75, 3.05) is 24.9 Å². The fourth-order valence-electron chi connectivity index (χ4n) is 3.76. The van der Waals surface area contributed by atoms with Crippen molar-refractivity contribution < 1.29 is 14.3 Å². The summed E-state index contributed by atoms with van der Waals surface area (Å²) in [4.78, 5) is 28.0. The first-order chi connectivity index (χ1) is 14.5. The number of rotatable bonds is 5. The Balaban J connectivity index is 1.88. The molecule has 0 unspecified atom stereocenters. The SMILES string of the molecule is COc1ccc(OC)c([C@@H]2SCC(=O)N2c2c(C)n(C)n(-c3ccccc3)c2=O)c1. The van der Waals surface area contributed by atoms with Crippen LogP contribution in [0.5, 0.6) is 11.5 Å². The van der Waals surface area contributed by atoms with E-state index in [1.807, 2.05) is 62.5 Å². The van der Waals surface area contributed by atoms with Gasteiger partial charge in [0.05, 0.1) is 31.4 Å². The molecule has 1 atom stereocenters. The molecule has 7 nitrogen and oxygen atoms in total. The maximum atomic E-state index is 13.5. The highest BCUT2D eigenvalue weighted by Gasteiger charge is 2.39. The Hall–Kier alpha value is -3.13. The zero-order valence-corrected chi connectivity index (χ0v) is 18.1. The molecule has 4 rings (SSSR count). The minimum absolute atomic E-state index is 0.110. The molecule has 0 radical (unpaired) electrons. The summed E-state index contributed by atoms with van der Waals surface area (Å²) >= 11 is 1.47. The van der Waals surface area contributed by atoms with Crippen LogP contribution in [-0.4, -0.2) is 35.2 Å². The summed E-state index contributed by atoms with van der Waals surface area (Å²) in [5, 5.41) is -0.388. The highest BCUT2D eigenvalue weighted by Crippen LogP contribution is 2.45. The maximum Gasteiger partial charge on any atom is 0.295 e. The van der Waals surface area contributed by atoms with Crippen molar-refractivity contribution >= 4 is 23.4 Å². The predicted octanol–water partition coefficient (Wildman–Crippen LogP) is 3.28. The lowest BCUT2D eigenvalue weighted by Crippen LogP contribution is -2.33. The quantitative estimate of drug-likeness (QED) is 0.628. The number of hydrogen-bond donors (Lipinski definition) is 0. The highest BCUT2D eigenvalue weighted by atomic mass is 32.2. The Bertz CT molecular complexity index is 1150. The lowest BCUT2D eigenvalue weighted by molar-refractivity contribution is -0.115. The zero-order valence-electron chi connectivity index (χ0n) is 17.3. The third-order valence-electron chi connectivity index (χ3n) is 5.34. The summed E-state index contributed by atoms with van der Waals surface area (Å²) < 4.78 is 14.3. The lowest BCUT2D eigenvalue weighted by Gasteiger charge is -2.25. The molecule has 0 N–H and O–H groups in total. The number of anilines is 1. The molecule has 1 aliphatic heterocycles. The molecule has 156 valence electrons. The number of aromatic nitrogens is 2. The van der Waals surface area contributed by atoms with Crippen LogP contribution in [0.15, 0.2) is 53.3 Å². The average Bonchev–Trinajstić information content (AvgIpc) is 3.24. The standard InChI is InChI=1S/C22H23N3O4S/c1-14-20(21(27)25(23(14)2)15-8-6-5-7-9-15)24-19(26)13-30-22(24)17-12-16(28-3)10-11-18(17)29-4/h5-12,22H,13H2,1-4H3/t22-/m0/s1. The van der Waals surface area contributed by atoms with Crippen molar-refractivity contribution in [3.63, 3.8) is 0 Å². The second-order valence-corrected chi connectivity index (χ2v) is 8.01. The molecule has 0 saturated carbocycles. The summed E-state index contributed by atoms with van der Waals surface area (Å²) in [7, 11) is 5.01. The van der Waals surface area contributed by atoms with Gasteiger partial charge in [-0.05, 0) is 37.3 Å². The van der Waals surface area contributed by atoms with Crippen LogP contribution in [0.2, 0.25) is 0 Å². The van der Waals surface area contributed by atoms with E-state index in [9.17, 15) is 9.59 Å². The van der Waals surface area contributed by atoms with Gasteiger partial charge in [0.2, 0.25) is 5.91 Å². The van der Waals surface area contributed by atoms with Crippen LogP contribution in [-0.2, 0) is 11.8 Å². The molecule has 1 amide bonds. The molecule has 1 saturated heterocycles. The summed E-state index contributed by atoms with van der Waals surface area (Å²) in [5.41, 5.74) is 2.40. The van der Waals surface area contributed by atoms with Crippen molar-refractivity contribution in [3.8, 4) is 17.2 Å². The molecule has 3 aromatic rings. The summed E-state index contributed by atoms with van der Waals surface area (Å²) in [6.45, 7) is 1.85. The molecule has 2 aromatic carbocycles. The normalized spacial score (nSPS) is 16.2. The van der Waals surface area contributed by atoms with Gasteiger partial charge in [0.15, 0.2) is 0 Å². The number of carbonyl (C=O) groups is 1. The topological polar surface area (TPSA) is 65.7 Å². The average molecular weight is 426 g/mol. The van der Waals surface area contributed by atoms with E-state index in [0.29, 0.717) is 22.9 Å². The van der Waals surface area contributed by atoms with Crippen molar-refractivity contribution in [2.45, 2.75) is 12.3 Å². The molecule has 2 heterocycles. The number of amides is 1. The van der Waals surface area contributed by atoms with Gasteiger partial charge in [0.25, 0.3) is 5.56 Å². The highest BCUT2D eigenvalue weighted by molar-refractivity contribution is 8.00. The maximum absolute atomic E-state index is 13.5. The zero-order chi connectivity index (χ0) is 21.4. The first kappa shape index (κ1) is 20.2. The molecule has 30 heavy (non-hydrogen) atoms. The Kier molecular flexibility index (Phi) is 5.34. The van der Waals surface area contributed by atoms with E-state index >= 15 is 0 Å².